The number of fused-ring (bicyclic) bond motifs is 6. The Morgan fingerprint density at radius 1 is 0.759 bits per heavy atom. The van der Waals surface area contributed by atoms with Gasteiger partial charge >= 0.3 is 7.12 Å². The van der Waals surface area contributed by atoms with Gasteiger partial charge in [-0.1, -0.05) is 48.0 Å². The molecule has 3 heterocycles. The van der Waals surface area contributed by atoms with Gasteiger partial charge in [-0.25, -0.2) is 0 Å². The molecule has 0 atom stereocenters. The molecule has 5 aromatic rings. The monoisotopic (exact) mass is 401 g/mol. The Balaban J connectivity index is 1.79. The maximum absolute atomic E-state index is 6.75. The van der Waals surface area contributed by atoms with Gasteiger partial charge in [-0.3, -0.25) is 0 Å². The first kappa shape index (κ1) is 17.6. The lowest BCUT2D eigenvalue weighted by Gasteiger charge is -2.32. The molecule has 0 amide bonds. The number of halogens is 1. The van der Waals surface area contributed by atoms with Crippen molar-refractivity contribution in [3.8, 4) is 0 Å². The molecule has 0 unspecified atom stereocenters. The minimum atomic E-state index is -0.437. The molecule has 1 saturated heterocycles. The van der Waals surface area contributed by atoms with Crippen LogP contribution in [0.3, 0.4) is 0 Å². The van der Waals surface area contributed by atoms with E-state index in [4.69, 9.17) is 20.9 Å². The van der Waals surface area contributed by atoms with E-state index in [1.165, 1.54) is 21.8 Å². The van der Waals surface area contributed by atoms with Gasteiger partial charge in [0.15, 0.2) is 0 Å². The number of aromatic nitrogens is 1. The van der Waals surface area contributed by atoms with Crippen LogP contribution in [0.2, 0.25) is 5.02 Å². The summed E-state index contributed by atoms with van der Waals surface area (Å²) in [5.41, 5.74) is 3.73. The molecule has 6 rings (SSSR count). The quantitative estimate of drug-likeness (QED) is 0.332. The normalized spacial score (nSPS) is 18.7. The molecular formula is C24H21BClNO2. The van der Waals surface area contributed by atoms with Gasteiger partial charge in [-0.15, -0.1) is 0 Å². The van der Waals surface area contributed by atoms with Gasteiger partial charge in [0.25, 0.3) is 0 Å². The molecule has 3 aromatic carbocycles. The summed E-state index contributed by atoms with van der Waals surface area (Å²) in [5, 5.41) is 5.40. The van der Waals surface area contributed by atoms with Crippen LogP contribution in [0.1, 0.15) is 27.7 Å². The van der Waals surface area contributed by atoms with E-state index in [1.807, 2.05) is 12.1 Å². The molecule has 0 spiro atoms. The van der Waals surface area contributed by atoms with Gasteiger partial charge < -0.3 is 13.7 Å². The predicted octanol–water partition coefficient (Wildman–Crippen LogP) is 5.79. The van der Waals surface area contributed by atoms with Crippen LogP contribution in [-0.2, 0) is 9.31 Å². The van der Waals surface area contributed by atoms with Crippen LogP contribution >= 0.6 is 11.6 Å². The lowest BCUT2D eigenvalue weighted by Crippen LogP contribution is -2.41. The van der Waals surface area contributed by atoms with Crippen LogP contribution in [0.4, 0.5) is 0 Å². The van der Waals surface area contributed by atoms with E-state index < -0.39 is 18.3 Å². The third-order valence-electron chi connectivity index (χ3n) is 6.86. The topological polar surface area (TPSA) is 22.9 Å². The number of hydrogen-bond acceptors (Lipinski definition) is 2. The van der Waals surface area contributed by atoms with Crippen molar-refractivity contribution in [2.75, 3.05) is 0 Å². The van der Waals surface area contributed by atoms with E-state index in [-0.39, 0.29) is 0 Å². The highest BCUT2D eigenvalue weighted by Crippen LogP contribution is 2.42. The molecule has 0 radical (unpaired) electrons. The Labute approximate surface area is 174 Å². The van der Waals surface area contributed by atoms with E-state index in [0.29, 0.717) is 0 Å². The molecule has 1 aliphatic rings. The molecule has 1 aliphatic heterocycles. The molecule has 0 bridgehead atoms. The van der Waals surface area contributed by atoms with Crippen LogP contribution in [0.15, 0.2) is 54.6 Å². The lowest BCUT2D eigenvalue weighted by molar-refractivity contribution is 0.00578. The summed E-state index contributed by atoms with van der Waals surface area (Å²) < 4.78 is 15.2. The average Bonchev–Trinajstić information content (AvgIpc) is 3.26. The molecule has 3 nitrogen and oxygen atoms in total. The lowest BCUT2D eigenvalue weighted by atomic mass is 9.76. The fraction of sp³-hybridized carbons (Fsp3) is 0.250. The van der Waals surface area contributed by atoms with Crippen molar-refractivity contribution in [2.45, 2.75) is 38.9 Å². The maximum Gasteiger partial charge on any atom is 0.495 e. The van der Waals surface area contributed by atoms with Crippen molar-refractivity contribution >= 4 is 62.3 Å². The van der Waals surface area contributed by atoms with Crippen LogP contribution in [0.5, 0.6) is 0 Å². The van der Waals surface area contributed by atoms with Crippen molar-refractivity contribution in [3.05, 3.63) is 59.6 Å². The molecule has 144 valence electrons. The molecule has 29 heavy (non-hydrogen) atoms. The van der Waals surface area contributed by atoms with Crippen molar-refractivity contribution in [2.24, 2.45) is 0 Å². The first-order valence-corrected chi connectivity index (χ1v) is 10.4. The van der Waals surface area contributed by atoms with Crippen molar-refractivity contribution in [1.82, 2.24) is 4.40 Å². The average molecular weight is 402 g/mol. The third-order valence-corrected chi connectivity index (χ3v) is 7.17. The fourth-order valence-corrected chi connectivity index (χ4v) is 4.96. The van der Waals surface area contributed by atoms with Crippen LogP contribution in [-0.4, -0.2) is 22.7 Å². The van der Waals surface area contributed by atoms with Gasteiger partial charge in [-0.05, 0) is 51.4 Å². The van der Waals surface area contributed by atoms with Gasteiger partial charge in [0.2, 0.25) is 0 Å². The summed E-state index contributed by atoms with van der Waals surface area (Å²) in [6.07, 6.45) is 0. The summed E-state index contributed by atoms with van der Waals surface area (Å²) >= 11 is 6.75. The van der Waals surface area contributed by atoms with Crippen molar-refractivity contribution in [3.63, 3.8) is 0 Å². The minimum Gasteiger partial charge on any atom is -0.399 e. The smallest absolute Gasteiger partial charge is 0.399 e. The molecule has 0 aliphatic carbocycles. The highest BCUT2D eigenvalue weighted by atomic mass is 35.5. The van der Waals surface area contributed by atoms with E-state index in [9.17, 15) is 0 Å². The first-order valence-electron chi connectivity index (χ1n) is 10.0. The highest BCUT2D eigenvalue weighted by Gasteiger charge is 2.52. The van der Waals surface area contributed by atoms with Gasteiger partial charge in [0.05, 0.1) is 32.8 Å². The Morgan fingerprint density at radius 3 is 2.21 bits per heavy atom. The van der Waals surface area contributed by atoms with Crippen molar-refractivity contribution in [1.29, 1.82) is 0 Å². The zero-order chi connectivity index (χ0) is 20.1. The second kappa shape index (κ2) is 5.45. The van der Waals surface area contributed by atoms with Crippen LogP contribution < -0.4 is 5.46 Å². The summed E-state index contributed by atoms with van der Waals surface area (Å²) in [6, 6.07) is 19.0. The molecule has 0 saturated carbocycles. The minimum absolute atomic E-state index is 0.395. The van der Waals surface area contributed by atoms with Gasteiger partial charge in [0.1, 0.15) is 0 Å². The zero-order valence-corrected chi connectivity index (χ0v) is 17.7. The van der Waals surface area contributed by atoms with E-state index in [1.54, 1.807) is 0 Å². The van der Waals surface area contributed by atoms with E-state index >= 15 is 0 Å². The SMILES string of the molecule is CC1(C)OB(c2ccc3c4ccccc4n4c5cccc(Cl)c5c2c34)OC1(C)C. The summed E-state index contributed by atoms with van der Waals surface area (Å²) in [5.74, 6) is 0. The second-order valence-corrected chi connectivity index (χ2v) is 9.41. The Bertz CT molecular complexity index is 1420. The largest absolute Gasteiger partial charge is 0.495 e. The van der Waals surface area contributed by atoms with Crippen molar-refractivity contribution < 1.29 is 9.31 Å². The number of nitrogens with zero attached hydrogens (tertiary/aromatic N) is 1. The van der Waals surface area contributed by atoms with E-state index in [2.05, 4.69) is 74.6 Å². The van der Waals surface area contributed by atoms with Crippen LogP contribution in [0, 0.1) is 0 Å². The molecule has 5 heteroatoms. The number of hydrogen-bond donors (Lipinski definition) is 0. The molecule has 1 fully saturated rings. The third kappa shape index (κ3) is 2.12. The number of benzene rings is 3. The summed E-state index contributed by atoms with van der Waals surface area (Å²) in [6.45, 7) is 8.34. The van der Waals surface area contributed by atoms with Gasteiger partial charge in [-0.2, -0.15) is 0 Å². The van der Waals surface area contributed by atoms with Crippen LogP contribution in [0.25, 0.3) is 38.1 Å². The molecular weight excluding hydrogens is 381 g/mol. The highest BCUT2D eigenvalue weighted by molar-refractivity contribution is 6.66. The number of para-hydroxylation sites is 1. The van der Waals surface area contributed by atoms with E-state index in [0.717, 1.165) is 26.8 Å². The maximum atomic E-state index is 6.75. The second-order valence-electron chi connectivity index (χ2n) is 9.00. The predicted molar refractivity (Wildman–Crippen MR) is 122 cm³/mol. The fourth-order valence-electron chi connectivity index (χ4n) is 4.70. The Morgan fingerprint density at radius 2 is 1.45 bits per heavy atom. The summed E-state index contributed by atoms with van der Waals surface area (Å²) in [4.78, 5) is 0. The standard InChI is InChI=1S/C24H21BClNO2/c1-23(2)24(3,4)29-25(28-23)16-13-12-15-14-8-5-6-10-18(14)27-19-11-7-9-17(26)21(19)20(16)22(15)27/h5-13H,1-4H3. The first-order chi connectivity index (χ1) is 13.8. The van der Waals surface area contributed by atoms with Gasteiger partial charge in [0, 0.05) is 21.5 Å². The molecule has 0 N–H and O–H groups in total. The Hall–Kier alpha value is -2.27. The zero-order valence-electron chi connectivity index (χ0n) is 16.9. The summed E-state index contributed by atoms with van der Waals surface area (Å²) in [7, 11) is -0.437. The number of rotatable bonds is 1. The Kier molecular flexibility index (Phi) is 3.31. The molecule has 2 aromatic heterocycles.